The van der Waals surface area contributed by atoms with Crippen LogP contribution in [0, 0.1) is 0 Å². The molecule has 10 aromatic rings. The third-order valence-corrected chi connectivity index (χ3v) is 11.6. The van der Waals surface area contributed by atoms with Gasteiger partial charge in [0.05, 0.1) is 22.1 Å². The van der Waals surface area contributed by atoms with Gasteiger partial charge in [0.15, 0.2) is 0 Å². The number of hydrogen-bond donors (Lipinski definition) is 0. The topological polar surface area (TPSA) is 16.4 Å². The molecule has 2 heteroatoms. The second-order valence-corrected chi connectivity index (χ2v) is 14.5. The van der Waals surface area contributed by atoms with E-state index in [-0.39, 0.29) is 46.7 Å². The maximum atomic E-state index is 9.91. The molecule has 0 saturated carbocycles. The summed E-state index contributed by atoms with van der Waals surface area (Å²) in [6, 6.07) is 49.6. The molecule has 2 aliphatic rings. The summed E-state index contributed by atoms with van der Waals surface area (Å²) in [6.45, 7) is 0. The largest absolute Gasteiger partial charge is 0.455 e. The lowest BCUT2D eigenvalue weighted by Gasteiger charge is -2.32. The fourth-order valence-corrected chi connectivity index (χ4v) is 9.33. The van der Waals surface area contributed by atoms with Gasteiger partial charge in [-0.25, -0.2) is 0 Å². The molecule has 0 unspecified atom stereocenters. The van der Waals surface area contributed by atoms with Crippen molar-refractivity contribution in [3.63, 3.8) is 0 Å². The molecule has 0 bridgehead atoms. The molecule has 9 aromatic carbocycles. The highest BCUT2D eigenvalue weighted by molar-refractivity contribution is 6.09. The summed E-state index contributed by atoms with van der Waals surface area (Å²) in [7, 11) is 0. The average Bonchev–Trinajstić information content (AvgIpc) is 3.98. The molecular formula is C55H35NO. The normalized spacial score (nSPS) is 15.0. The van der Waals surface area contributed by atoms with E-state index in [0.29, 0.717) is 33.5 Å². The van der Waals surface area contributed by atoms with Gasteiger partial charge >= 0.3 is 0 Å². The average molecular weight is 734 g/mol. The van der Waals surface area contributed by atoms with Gasteiger partial charge in [-0.2, -0.15) is 0 Å². The van der Waals surface area contributed by atoms with Crippen LogP contribution in [-0.2, 0) is 5.41 Å². The molecule has 0 saturated heterocycles. The van der Waals surface area contributed by atoms with Crippen LogP contribution in [0.1, 0.15) is 33.2 Å². The summed E-state index contributed by atoms with van der Waals surface area (Å²) in [5, 5.41) is 1.62. The van der Waals surface area contributed by atoms with Crippen LogP contribution >= 0.6 is 0 Å². The first-order valence-corrected chi connectivity index (χ1v) is 19.0. The van der Waals surface area contributed by atoms with Crippen LogP contribution in [0.5, 0.6) is 0 Å². The van der Waals surface area contributed by atoms with Gasteiger partial charge in [-0.05, 0) is 91.9 Å². The smallest absolute Gasteiger partial charge is 0.143 e. The lowest BCUT2D eigenvalue weighted by molar-refractivity contribution is 0.670. The van der Waals surface area contributed by atoms with Crippen molar-refractivity contribution in [3.8, 4) is 44.5 Å². The first-order valence-electron chi connectivity index (χ1n) is 23.0. The first-order chi connectivity index (χ1) is 31.6. The third-order valence-electron chi connectivity index (χ3n) is 11.6. The maximum absolute atomic E-state index is 9.91. The first kappa shape index (κ1) is 24.9. The molecule has 1 aromatic heterocycles. The van der Waals surface area contributed by atoms with Crippen LogP contribution < -0.4 is 4.90 Å². The highest BCUT2D eigenvalue weighted by Crippen LogP contribution is 2.64. The third kappa shape index (κ3) is 4.53. The zero-order valence-corrected chi connectivity index (χ0v) is 30.4. The molecule has 266 valence electrons. The second kappa shape index (κ2) is 12.3. The van der Waals surface area contributed by atoms with E-state index in [1.165, 1.54) is 4.90 Å². The second-order valence-electron chi connectivity index (χ2n) is 14.5. The van der Waals surface area contributed by atoms with Crippen LogP contribution in [0.3, 0.4) is 0 Å². The molecule has 1 spiro atoms. The minimum absolute atomic E-state index is 0.0362. The van der Waals surface area contributed by atoms with Crippen molar-refractivity contribution in [1.29, 1.82) is 0 Å². The van der Waals surface area contributed by atoms with E-state index in [1.54, 1.807) is 30.3 Å². The number of para-hydroxylation sites is 2. The number of rotatable bonds is 5. The predicted octanol–water partition coefficient (Wildman–Crippen LogP) is 14.7. The predicted molar refractivity (Wildman–Crippen MR) is 236 cm³/mol. The summed E-state index contributed by atoms with van der Waals surface area (Å²) in [5.74, 6) is 0. The number of benzene rings is 9. The van der Waals surface area contributed by atoms with E-state index in [0.717, 1.165) is 49.7 Å². The van der Waals surface area contributed by atoms with E-state index >= 15 is 0 Å². The number of furan rings is 1. The summed E-state index contributed by atoms with van der Waals surface area (Å²) in [4.78, 5) is 1.45. The summed E-state index contributed by atoms with van der Waals surface area (Å²) in [6.07, 6.45) is 0. The van der Waals surface area contributed by atoms with Crippen LogP contribution in [0.4, 0.5) is 17.1 Å². The zero-order chi connectivity index (χ0) is 44.5. The molecule has 57 heavy (non-hydrogen) atoms. The highest BCUT2D eigenvalue weighted by atomic mass is 16.3. The molecule has 0 fully saturated rings. The maximum Gasteiger partial charge on any atom is 0.143 e. The molecule has 0 radical (unpaired) electrons. The van der Waals surface area contributed by atoms with Crippen molar-refractivity contribution in [1.82, 2.24) is 0 Å². The Morgan fingerprint density at radius 1 is 0.386 bits per heavy atom. The molecular weight excluding hydrogens is 691 g/mol. The van der Waals surface area contributed by atoms with E-state index < -0.39 is 29.6 Å². The molecule has 2 nitrogen and oxygen atoms in total. The van der Waals surface area contributed by atoms with Gasteiger partial charge in [0, 0.05) is 33.3 Å². The van der Waals surface area contributed by atoms with Gasteiger partial charge in [0.2, 0.25) is 0 Å². The molecule has 12 rings (SSSR count). The molecule has 0 amide bonds. The summed E-state index contributed by atoms with van der Waals surface area (Å²) < 4.78 is 84.0. The number of fused-ring (bicyclic) bond motifs is 13. The summed E-state index contributed by atoms with van der Waals surface area (Å²) >= 11 is 0. The Labute approximate surface area is 342 Å². The lowest BCUT2D eigenvalue weighted by atomic mass is 9.70. The Balaban J connectivity index is 1.19. The zero-order valence-electron chi connectivity index (χ0n) is 38.4. The van der Waals surface area contributed by atoms with Crippen LogP contribution in [0.2, 0.25) is 0 Å². The van der Waals surface area contributed by atoms with Gasteiger partial charge in [-0.15, -0.1) is 0 Å². The Bertz CT molecular complexity index is 3570. The quantitative estimate of drug-likeness (QED) is 0.175. The minimum atomic E-state index is -0.795. The monoisotopic (exact) mass is 733 g/mol. The van der Waals surface area contributed by atoms with Gasteiger partial charge in [-0.1, -0.05) is 176 Å². The van der Waals surface area contributed by atoms with Gasteiger partial charge in [-0.3, -0.25) is 0 Å². The van der Waals surface area contributed by atoms with Crippen molar-refractivity contribution in [2.75, 3.05) is 4.90 Å². The Morgan fingerprint density at radius 3 is 1.60 bits per heavy atom. The van der Waals surface area contributed by atoms with Crippen molar-refractivity contribution < 1.29 is 15.4 Å². The van der Waals surface area contributed by atoms with Gasteiger partial charge < -0.3 is 9.32 Å². The fourth-order valence-electron chi connectivity index (χ4n) is 9.33. The Hall–Kier alpha value is -7.42. The lowest BCUT2D eigenvalue weighted by Crippen LogP contribution is -2.26. The molecule has 1 heterocycles. The molecule has 2 aliphatic carbocycles. The van der Waals surface area contributed by atoms with Crippen molar-refractivity contribution in [2.24, 2.45) is 0 Å². The van der Waals surface area contributed by atoms with Gasteiger partial charge in [0.25, 0.3) is 0 Å². The number of hydrogen-bond acceptors (Lipinski definition) is 2. The standard InChI is InChI=1S/C55H35NO/c1-2-14-36(15-3-1)37-28-32-39(33-29-37)56(40-34-30-38(31-35-40)41-20-12-21-45-44-18-7-11-27-52(44)57-54(41)45)51-26-13-25-50-53(51)46-19-6-10-24-49(46)55(50)47-22-8-4-16-42(47)43-17-5-9-23-48(43)55/h1-35H/i28D,29D,30D,31D,32D,33D,34D,35D. The van der Waals surface area contributed by atoms with E-state index in [9.17, 15) is 11.0 Å². The molecule has 0 aliphatic heterocycles. The van der Waals surface area contributed by atoms with Crippen LogP contribution in [0.15, 0.2) is 217 Å². The van der Waals surface area contributed by atoms with Crippen molar-refractivity contribution in [2.45, 2.75) is 5.41 Å². The van der Waals surface area contributed by atoms with Crippen LogP contribution in [-0.4, -0.2) is 0 Å². The van der Waals surface area contributed by atoms with E-state index in [4.69, 9.17) is 4.42 Å². The van der Waals surface area contributed by atoms with Crippen molar-refractivity contribution >= 4 is 39.0 Å². The molecule has 0 N–H and O–H groups in total. The van der Waals surface area contributed by atoms with Crippen LogP contribution in [0.25, 0.3) is 66.4 Å². The van der Waals surface area contributed by atoms with Crippen molar-refractivity contribution in [3.05, 3.63) is 234 Å². The number of nitrogens with zero attached hydrogens (tertiary/aromatic N) is 1. The molecule has 0 atom stereocenters. The fraction of sp³-hybridized carbons (Fsp3) is 0.0182. The van der Waals surface area contributed by atoms with E-state index in [1.807, 2.05) is 97.1 Å². The van der Waals surface area contributed by atoms with Gasteiger partial charge in [0.1, 0.15) is 11.2 Å². The van der Waals surface area contributed by atoms with E-state index in [2.05, 4.69) is 36.4 Å². The Morgan fingerprint density at radius 2 is 0.895 bits per heavy atom. The minimum Gasteiger partial charge on any atom is -0.455 e. The Kier molecular flexibility index (Phi) is 5.37. The number of anilines is 3. The summed E-state index contributed by atoms with van der Waals surface area (Å²) in [5.41, 5.74) is 9.10. The SMILES string of the molecule is [2H]c1c([2H])c(N(c2cccc3c2-c2ccccc2C32c3ccccc3-c3ccccc32)c2c([2H])c([2H])c(-c3cccc4c3oc3ccccc34)c([2H])c2[2H])c([2H])c([2H])c1-c1ccccc1. The highest BCUT2D eigenvalue weighted by Gasteiger charge is 2.52.